The molecular formula is C19H26N4O2. The third-order valence-electron chi connectivity index (χ3n) is 3.79. The molecule has 1 amide bonds. The van der Waals surface area contributed by atoms with Gasteiger partial charge in [-0.3, -0.25) is 4.79 Å². The van der Waals surface area contributed by atoms with Crippen LogP contribution in [0.15, 0.2) is 42.7 Å². The first kappa shape index (κ1) is 18.9. The average Bonchev–Trinajstić information content (AvgIpc) is 2.64. The number of carbonyl (C=O) groups excluding carboxylic acids is 1. The molecule has 1 aromatic carbocycles. The Bertz CT molecular complexity index is 644. The van der Waals surface area contributed by atoms with Crippen molar-refractivity contribution in [2.45, 2.75) is 32.9 Å². The summed E-state index contributed by atoms with van der Waals surface area (Å²) in [6.45, 7) is 6.12. The summed E-state index contributed by atoms with van der Waals surface area (Å²) in [6, 6.07) is 10.4. The molecule has 0 unspecified atom stereocenters. The van der Waals surface area contributed by atoms with Gasteiger partial charge in [0.05, 0.1) is 5.56 Å². The summed E-state index contributed by atoms with van der Waals surface area (Å²) in [6.07, 6.45) is 3.93. The minimum Gasteiger partial charge on any atom is -0.385 e. The van der Waals surface area contributed by atoms with Gasteiger partial charge in [-0.25, -0.2) is 9.97 Å². The normalized spacial score (nSPS) is 10.7. The van der Waals surface area contributed by atoms with E-state index in [9.17, 15) is 4.79 Å². The van der Waals surface area contributed by atoms with Crippen LogP contribution in [0.5, 0.6) is 0 Å². The Kier molecular flexibility index (Phi) is 7.35. The fourth-order valence-electron chi connectivity index (χ4n) is 2.37. The molecule has 1 aromatic heterocycles. The molecule has 0 saturated heterocycles. The Morgan fingerprint density at radius 1 is 1.20 bits per heavy atom. The summed E-state index contributed by atoms with van der Waals surface area (Å²) in [5, 5.41) is 2.83. The van der Waals surface area contributed by atoms with Crippen LogP contribution in [0.1, 0.15) is 36.2 Å². The molecule has 2 rings (SSSR count). The van der Waals surface area contributed by atoms with Crippen molar-refractivity contribution in [3.63, 3.8) is 0 Å². The number of ether oxygens (including phenoxy) is 1. The number of hydrogen-bond donors (Lipinski definition) is 1. The largest absolute Gasteiger partial charge is 0.385 e. The van der Waals surface area contributed by atoms with Crippen molar-refractivity contribution in [2.24, 2.45) is 0 Å². The molecule has 1 N–H and O–H groups in total. The monoisotopic (exact) mass is 342 g/mol. The van der Waals surface area contributed by atoms with E-state index in [1.54, 1.807) is 19.5 Å². The lowest BCUT2D eigenvalue weighted by atomic mass is 10.2. The van der Waals surface area contributed by atoms with E-state index in [2.05, 4.69) is 46.2 Å². The standard InChI is InChI=1S/C19H26N4O2/c1-15(2)23(14-16-8-5-4-6-9-16)19-21-12-17(13-22-19)18(24)20-10-7-11-25-3/h4-6,8-9,12-13,15H,7,10-11,14H2,1-3H3,(H,20,24). The first-order valence-corrected chi connectivity index (χ1v) is 8.51. The summed E-state index contributed by atoms with van der Waals surface area (Å²) in [4.78, 5) is 23.0. The van der Waals surface area contributed by atoms with E-state index in [0.717, 1.165) is 13.0 Å². The van der Waals surface area contributed by atoms with E-state index in [-0.39, 0.29) is 11.9 Å². The first-order valence-electron chi connectivity index (χ1n) is 8.51. The number of aromatic nitrogens is 2. The van der Waals surface area contributed by atoms with Crippen molar-refractivity contribution < 1.29 is 9.53 Å². The van der Waals surface area contributed by atoms with Gasteiger partial charge in [-0.05, 0) is 25.8 Å². The van der Waals surface area contributed by atoms with Crippen LogP contribution in [0.25, 0.3) is 0 Å². The number of nitrogens with zero attached hydrogens (tertiary/aromatic N) is 3. The van der Waals surface area contributed by atoms with E-state index in [4.69, 9.17) is 4.74 Å². The lowest BCUT2D eigenvalue weighted by Crippen LogP contribution is -2.32. The summed E-state index contributed by atoms with van der Waals surface area (Å²) in [7, 11) is 1.64. The quantitative estimate of drug-likeness (QED) is 0.710. The van der Waals surface area contributed by atoms with E-state index in [1.165, 1.54) is 5.56 Å². The van der Waals surface area contributed by atoms with Gasteiger partial charge in [-0.15, -0.1) is 0 Å². The molecule has 1 heterocycles. The van der Waals surface area contributed by atoms with Gasteiger partial charge in [0, 0.05) is 45.2 Å². The number of hydrogen-bond acceptors (Lipinski definition) is 5. The highest BCUT2D eigenvalue weighted by molar-refractivity contribution is 5.93. The van der Waals surface area contributed by atoms with Crippen LogP contribution in [0.3, 0.4) is 0 Å². The van der Waals surface area contributed by atoms with Crippen molar-refractivity contribution in [3.05, 3.63) is 53.9 Å². The summed E-state index contributed by atoms with van der Waals surface area (Å²) < 4.78 is 4.96. The Labute approximate surface area is 149 Å². The fraction of sp³-hybridized carbons (Fsp3) is 0.421. The van der Waals surface area contributed by atoms with E-state index in [1.807, 2.05) is 18.2 Å². The average molecular weight is 342 g/mol. The van der Waals surface area contributed by atoms with Crippen molar-refractivity contribution >= 4 is 11.9 Å². The maximum atomic E-state index is 12.1. The number of anilines is 1. The molecule has 0 saturated carbocycles. The predicted octanol–water partition coefficient (Wildman–Crippen LogP) is 2.66. The molecule has 25 heavy (non-hydrogen) atoms. The maximum absolute atomic E-state index is 12.1. The zero-order chi connectivity index (χ0) is 18.1. The number of rotatable bonds is 9. The van der Waals surface area contributed by atoms with E-state index < -0.39 is 0 Å². The van der Waals surface area contributed by atoms with E-state index >= 15 is 0 Å². The van der Waals surface area contributed by atoms with Crippen LogP contribution in [0.2, 0.25) is 0 Å². The third-order valence-corrected chi connectivity index (χ3v) is 3.79. The second-order valence-corrected chi connectivity index (χ2v) is 6.08. The second-order valence-electron chi connectivity index (χ2n) is 6.08. The molecule has 0 atom stereocenters. The molecule has 0 fully saturated rings. The molecule has 0 radical (unpaired) electrons. The fourth-order valence-corrected chi connectivity index (χ4v) is 2.37. The Morgan fingerprint density at radius 2 is 1.88 bits per heavy atom. The van der Waals surface area contributed by atoms with Crippen LogP contribution in [-0.4, -0.2) is 42.2 Å². The van der Waals surface area contributed by atoms with Gasteiger partial charge < -0.3 is 15.0 Å². The van der Waals surface area contributed by atoms with Gasteiger partial charge in [0.15, 0.2) is 0 Å². The molecule has 2 aromatic rings. The van der Waals surface area contributed by atoms with Crippen LogP contribution in [0.4, 0.5) is 5.95 Å². The van der Waals surface area contributed by atoms with Crippen molar-refractivity contribution in [3.8, 4) is 0 Å². The van der Waals surface area contributed by atoms with Gasteiger partial charge >= 0.3 is 0 Å². The number of carbonyl (C=O) groups is 1. The van der Waals surface area contributed by atoms with Gasteiger partial charge in [-0.2, -0.15) is 0 Å². The number of methoxy groups -OCH3 is 1. The SMILES string of the molecule is COCCCNC(=O)c1cnc(N(Cc2ccccc2)C(C)C)nc1. The van der Waals surface area contributed by atoms with Gasteiger partial charge in [0.25, 0.3) is 5.91 Å². The number of amides is 1. The second kappa shape index (κ2) is 9.74. The number of benzene rings is 1. The van der Waals surface area contributed by atoms with Gasteiger partial charge in [0.1, 0.15) is 0 Å². The lowest BCUT2D eigenvalue weighted by molar-refractivity contribution is 0.0948. The topological polar surface area (TPSA) is 67.3 Å². The summed E-state index contributed by atoms with van der Waals surface area (Å²) in [5.41, 5.74) is 1.66. The first-order chi connectivity index (χ1) is 12.1. The minimum atomic E-state index is -0.165. The van der Waals surface area contributed by atoms with Crippen molar-refractivity contribution in [2.75, 3.05) is 25.2 Å². The highest BCUT2D eigenvalue weighted by Crippen LogP contribution is 2.15. The Balaban J connectivity index is 2.01. The Hall–Kier alpha value is -2.47. The molecular weight excluding hydrogens is 316 g/mol. The number of nitrogens with one attached hydrogen (secondary N) is 1. The zero-order valence-corrected chi connectivity index (χ0v) is 15.1. The molecule has 134 valence electrons. The van der Waals surface area contributed by atoms with E-state index in [0.29, 0.717) is 24.7 Å². The summed E-state index contributed by atoms with van der Waals surface area (Å²) >= 11 is 0. The lowest BCUT2D eigenvalue weighted by Gasteiger charge is -2.26. The summed E-state index contributed by atoms with van der Waals surface area (Å²) in [5.74, 6) is 0.455. The van der Waals surface area contributed by atoms with Gasteiger partial charge in [0.2, 0.25) is 5.95 Å². The molecule has 6 heteroatoms. The predicted molar refractivity (Wildman–Crippen MR) is 98.6 cm³/mol. The van der Waals surface area contributed by atoms with Crippen LogP contribution in [0, 0.1) is 0 Å². The van der Waals surface area contributed by atoms with Crippen molar-refractivity contribution in [1.29, 1.82) is 0 Å². The molecule has 6 nitrogen and oxygen atoms in total. The Morgan fingerprint density at radius 3 is 2.48 bits per heavy atom. The van der Waals surface area contributed by atoms with Crippen LogP contribution < -0.4 is 10.2 Å². The van der Waals surface area contributed by atoms with Crippen LogP contribution >= 0.6 is 0 Å². The highest BCUT2D eigenvalue weighted by Gasteiger charge is 2.15. The third kappa shape index (κ3) is 5.83. The van der Waals surface area contributed by atoms with Crippen LogP contribution in [-0.2, 0) is 11.3 Å². The van der Waals surface area contributed by atoms with Gasteiger partial charge in [-0.1, -0.05) is 30.3 Å². The zero-order valence-electron chi connectivity index (χ0n) is 15.1. The maximum Gasteiger partial charge on any atom is 0.254 e. The molecule has 0 spiro atoms. The molecule has 0 aliphatic carbocycles. The smallest absolute Gasteiger partial charge is 0.254 e. The molecule has 0 bridgehead atoms. The minimum absolute atomic E-state index is 0.165. The molecule has 0 aliphatic heterocycles. The molecule has 0 aliphatic rings. The highest BCUT2D eigenvalue weighted by atomic mass is 16.5. The van der Waals surface area contributed by atoms with Crippen molar-refractivity contribution in [1.82, 2.24) is 15.3 Å².